The Morgan fingerprint density at radius 1 is 1.40 bits per heavy atom. The maximum absolute atomic E-state index is 11.9. The van der Waals surface area contributed by atoms with E-state index in [1.165, 1.54) is 12.8 Å². The molecule has 3 N–H and O–H groups in total. The Kier molecular flexibility index (Phi) is 4.68. The van der Waals surface area contributed by atoms with Crippen LogP contribution in [0.4, 0.5) is 5.69 Å². The summed E-state index contributed by atoms with van der Waals surface area (Å²) in [6.07, 6.45) is 4.16. The number of hydrogen-bond donors (Lipinski definition) is 2. The molecule has 3 rings (SSSR count). The maximum Gasteiger partial charge on any atom is 0.244 e. The normalized spacial score (nSPS) is 19.1. The highest BCUT2D eigenvalue weighted by atomic mass is 35.5. The van der Waals surface area contributed by atoms with Crippen LogP contribution in [0, 0.1) is 5.92 Å². The lowest BCUT2D eigenvalue weighted by Crippen LogP contribution is -2.37. The second-order valence-corrected chi connectivity index (χ2v) is 5.77. The van der Waals surface area contributed by atoms with Crippen molar-refractivity contribution in [1.29, 1.82) is 0 Å². The van der Waals surface area contributed by atoms with Crippen LogP contribution in [0.5, 0.6) is 0 Å². The summed E-state index contributed by atoms with van der Waals surface area (Å²) in [5.74, 6) is 0.693. The predicted molar refractivity (Wildman–Crippen MR) is 80.9 cm³/mol. The molecule has 0 saturated heterocycles. The maximum atomic E-state index is 11.9. The molecule has 2 aliphatic rings. The standard InChI is InChI=1S/C15H20N2O2.ClH/c16-15(6-7-15)14(18)17-13-3-1-2-12(8-13)10-19-9-11-4-5-11;/h1-3,8,11H,4-7,9-10,16H2,(H,17,18);1H. The lowest BCUT2D eigenvalue weighted by molar-refractivity contribution is -0.118. The van der Waals surface area contributed by atoms with Gasteiger partial charge in [0.15, 0.2) is 0 Å². The molecule has 0 atom stereocenters. The van der Waals surface area contributed by atoms with Gasteiger partial charge in [-0.05, 0) is 49.3 Å². The van der Waals surface area contributed by atoms with Crippen LogP contribution in [0.1, 0.15) is 31.2 Å². The number of carbonyl (C=O) groups excluding carboxylic acids is 1. The second kappa shape index (κ2) is 6.12. The van der Waals surface area contributed by atoms with Gasteiger partial charge < -0.3 is 15.8 Å². The van der Waals surface area contributed by atoms with E-state index in [4.69, 9.17) is 10.5 Å². The number of amides is 1. The molecule has 110 valence electrons. The Bertz CT molecular complexity index is 485. The highest BCUT2D eigenvalue weighted by Gasteiger charge is 2.45. The number of ether oxygens (including phenoxy) is 1. The Hall–Kier alpha value is -1.10. The smallest absolute Gasteiger partial charge is 0.244 e. The molecule has 1 aromatic rings. The Balaban J connectivity index is 0.00000147. The van der Waals surface area contributed by atoms with Crippen molar-refractivity contribution in [3.63, 3.8) is 0 Å². The quantitative estimate of drug-likeness (QED) is 0.847. The molecule has 0 aromatic heterocycles. The topological polar surface area (TPSA) is 64.4 Å². The molecule has 0 radical (unpaired) electrons. The van der Waals surface area contributed by atoms with Crippen molar-refractivity contribution in [1.82, 2.24) is 0 Å². The van der Waals surface area contributed by atoms with Crippen LogP contribution in [-0.4, -0.2) is 18.1 Å². The van der Waals surface area contributed by atoms with Gasteiger partial charge in [0.05, 0.1) is 12.1 Å². The van der Waals surface area contributed by atoms with Crippen LogP contribution in [-0.2, 0) is 16.1 Å². The number of anilines is 1. The molecule has 20 heavy (non-hydrogen) atoms. The molecule has 0 unspecified atom stereocenters. The molecule has 0 aliphatic heterocycles. The van der Waals surface area contributed by atoms with Crippen LogP contribution in [0.15, 0.2) is 24.3 Å². The average Bonchev–Trinajstić information content (AvgIpc) is 3.28. The van der Waals surface area contributed by atoms with Crippen molar-refractivity contribution >= 4 is 24.0 Å². The Morgan fingerprint density at radius 3 is 2.80 bits per heavy atom. The first-order valence-corrected chi connectivity index (χ1v) is 6.93. The lowest BCUT2D eigenvalue weighted by atomic mass is 10.2. The fourth-order valence-electron chi connectivity index (χ4n) is 1.98. The van der Waals surface area contributed by atoms with Crippen molar-refractivity contribution in [2.75, 3.05) is 11.9 Å². The van der Waals surface area contributed by atoms with Crippen LogP contribution < -0.4 is 11.1 Å². The van der Waals surface area contributed by atoms with Gasteiger partial charge in [-0.15, -0.1) is 12.4 Å². The first-order valence-electron chi connectivity index (χ1n) is 6.93. The summed E-state index contributed by atoms with van der Waals surface area (Å²) in [6, 6.07) is 7.78. The number of carbonyl (C=O) groups is 1. The number of halogens is 1. The van der Waals surface area contributed by atoms with Crippen LogP contribution in [0.3, 0.4) is 0 Å². The fraction of sp³-hybridized carbons (Fsp3) is 0.533. The van der Waals surface area contributed by atoms with Crippen LogP contribution in [0.2, 0.25) is 0 Å². The summed E-state index contributed by atoms with van der Waals surface area (Å²) >= 11 is 0. The summed E-state index contributed by atoms with van der Waals surface area (Å²) in [5, 5.41) is 2.88. The van der Waals surface area contributed by atoms with Crippen LogP contribution >= 0.6 is 12.4 Å². The first-order chi connectivity index (χ1) is 9.16. The molecule has 1 amide bonds. The second-order valence-electron chi connectivity index (χ2n) is 5.77. The summed E-state index contributed by atoms with van der Waals surface area (Å²) in [6.45, 7) is 1.45. The number of nitrogens with one attached hydrogen (secondary N) is 1. The third-order valence-corrected chi connectivity index (χ3v) is 3.74. The van der Waals surface area contributed by atoms with Crippen molar-refractivity contribution in [3.8, 4) is 0 Å². The van der Waals surface area contributed by atoms with Gasteiger partial charge in [0.2, 0.25) is 5.91 Å². The van der Waals surface area contributed by atoms with Gasteiger partial charge in [-0.1, -0.05) is 12.1 Å². The average molecular weight is 297 g/mol. The zero-order chi connectivity index (χ0) is 13.3. The predicted octanol–water partition coefficient (Wildman–Crippen LogP) is 2.46. The molecular weight excluding hydrogens is 276 g/mol. The number of nitrogens with two attached hydrogens (primary N) is 1. The fourth-order valence-corrected chi connectivity index (χ4v) is 1.98. The molecular formula is C15H21ClN2O2. The highest BCUT2D eigenvalue weighted by molar-refractivity contribution is 6.00. The van der Waals surface area contributed by atoms with Gasteiger partial charge >= 0.3 is 0 Å². The summed E-state index contributed by atoms with van der Waals surface area (Å²) < 4.78 is 5.65. The summed E-state index contributed by atoms with van der Waals surface area (Å²) in [5.41, 5.74) is 7.12. The molecule has 2 aliphatic carbocycles. The molecule has 4 nitrogen and oxygen atoms in total. The van der Waals surface area contributed by atoms with E-state index in [1.807, 2.05) is 24.3 Å². The van der Waals surface area contributed by atoms with Crippen LogP contribution in [0.25, 0.3) is 0 Å². The third-order valence-electron chi connectivity index (χ3n) is 3.74. The molecule has 0 heterocycles. The molecule has 0 bridgehead atoms. The van der Waals surface area contributed by atoms with Crippen molar-refractivity contribution < 1.29 is 9.53 Å². The number of hydrogen-bond acceptors (Lipinski definition) is 3. The van der Waals surface area contributed by atoms with E-state index in [9.17, 15) is 4.79 Å². The van der Waals surface area contributed by atoms with Gasteiger partial charge in [-0.2, -0.15) is 0 Å². The van der Waals surface area contributed by atoms with Crippen molar-refractivity contribution in [3.05, 3.63) is 29.8 Å². The molecule has 1 aromatic carbocycles. The minimum absolute atomic E-state index is 0. The van der Waals surface area contributed by atoms with Crippen molar-refractivity contribution in [2.24, 2.45) is 11.7 Å². The van der Waals surface area contributed by atoms with E-state index in [0.29, 0.717) is 6.61 Å². The Labute approximate surface area is 125 Å². The molecule has 5 heteroatoms. The lowest BCUT2D eigenvalue weighted by Gasteiger charge is -2.11. The van der Waals surface area contributed by atoms with E-state index < -0.39 is 5.54 Å². The molecule has 0 spiro atoms. The minimum atomic E-state index is -0.627. The van der Waals surface area contributed by atoms with E-state index in [0.717, 1.165) is 36.6 Å². The monoisotopic (exact) mass is 296 g/mol. The van der Waals surface area contributed by atoms with Gasteiger partial charge in [-0.25, -0.2) is 0 Å². The number of rotatable bonds is 6. The highest BCUT2D eigenvalue weighted by Crippen LogP contribution is 2.33. The summed E-state index contributed by atoms with van der Waals surface area (Å²) in [7, 11) is 0. The van der Waals surface area contributed by atoms with E-state index in [1.54, 1.807) is 0 Å². The molecule has 2 saturated carbocycles. The SMILES string of the molecule is Cl.NC1(C(=O)Nc2cccc(COCC3CC3)c2)CC1. The van der Waals surface area contributed by atoms with Crippen molar-refractivity contribution in [2.45, 2.75) is 37.8 Å². The van der Waals surface area contributed by atoms with Gasteiger partial charge in [0.1, 0.15) is 0 Å². The largest absolute Gasteiger partial charge is 0.376 e. The minimum Gasteiger partial charge on any atom is -0.376 e. The molecule has 2 fully saturated rings. The van der Waals surface area contributed by atoms with E-state index in [-0.39, 0.29) is 18.3 Å². The number of benzene rings is 1. The van der Waals surface area contributed by atoms with Gasteiger partial charge in [-0.3, -0.25) is 4.79 Å². The first kappa shape index (κ1) is 15.3. The third kappa shape index (κ3) is 3.95. The van der Waals surface area contributed by atoms with Gasteiger partial charge in [0.25, 0.3) is 0 Å². The zero-order valence-electron chi connectivity index (χ0n) is 11.4. The zero-order valence-corrected chi connectivity index (χ0v) is 12.2. The Morgan fingerprint density at radius 2 is 2.15 bits per heavy atom. The van der Waals surface area contributed by atoms with E-state index >= 15 is 0 Å². The van der Waals surface area contributed by atoms with E-state index in [2.05, 4.69) is 5.32 Å². The van der Waals surface area contributed by atoms with Gasteiger partial charge in [0, 0.05) is 12.3 Å². The summed E-state index contributed by atoms with van der Waals surface area (Å²) in [4.78, 5) is 11.9.